The van der Waals surface area contributed by atoms with Crippen LogP contribution in [0.3, 0.4) is 0 Å². The summed E-state index contributed by atoms with van der Waals surface area (Å²) < 4.78 is 5.48. The molecule has 4 heteroatoms. The molecule has 0 aromatic heterocycles. The molecule has 1 heterocycles. The Kier molecular flexibility index (Phi) is 4.56. The topological polar surface area (TPSA) is 62.1 Å². The van der Waals surface area contributed by atoms with Gasteiger partial charge in [-0.15, -0.1) is 0 Å². The first-order chi connectivity index (χ1) is 10.4. The van der Waals surface area contributed by atoms with E-state index in [9.17, 15) is 4.79 Å². The number of carbonyl (C=O) groups excluding carboxylic acids is 1. The van der Waals surface area contributed by atoms with Crippen LogP contribution in [-0.2, 0) is 9.53 Å². The highest BCUT2D eigenvalue weighted by molar-refractivity contribution is 5.88. The fourth-order valence-electron chi connectivity index (χ4n) is 2.63. The van der Waals surface area contributed by atoms with Gasteiger partial charge in [0.05, 0.1) is 18.2 Å². The molecule has 1 atom stereocenters. The van der Waals surface area contributed by atoms with Gasteiger partial charge in [-0.1, -0.05) is 39.8 Å². The maximum atomic E-state index is 11.7. The number of hydrogen-bond acceptors (Lipinski definition) is 4. The van der Waals surface area contributed by atoms with Crippen molar-refractivity contribution >= 4 is 11.7 Å². The Labute approximate surface area is 131 Å². The lowest BCUT2D eigenvalue weighted by Gasteiger charge is -2.33. The second-order valence-electron chi connectivity index (χ2n) is 6.26. The molecule has 0 spiro atoms. The largest absolute Gasteiger partial charge is 0.448 e. The quantitative estimate of drug-likeness (QED) is 0.835. The summed E-state index contributed by atoms with van der Waals surface area (Å²) in [5, 5.41) is 12.4. The average molecular weight is 298 g/mol. The van der Waals surface area contributed by atoms with E-state index in [4.69, 9.17) is 10.00 Å². The van der Waals surface area contributed by atoms with Crippen molar-refractivity contribution in [1.82, 2.24) is 0 Å². The molecule has 0 bridgehead atoms. The number of rotatable bonds is 5. The maximum Gasteiger partial charge on any atom is 0.333 e. The first kappa shape index (κ1) is 16.1. The summed E-state index contributed by atoms with van der Waals surface area (Å²) in [6.45, 7) is 8.19. The summed E-state index contributed by atoms with van der Waals surface area (Å²) in [6, 6.07) is 10.2. The number of benzene rings is 1. The van der Waals surface area contributed by atoms with Crippen LogP contribution in [-0.4, -0.2) is 11.6 Å². The highest BCUT2D eigenvalue weighted by atomic mass is 16.6. The number of cyclic esters (lactones) is 1. The van der Waals surface area contributed by atoms with Crippen molar-refractivity contribution in [1.29, 1.82) is 5.26 Å². The minimum absolute atomic E-state index is 0.00675. The molecule has 0 radical (unpaired) electrons. The summed E-state index contributed by atoms with van der Waals surface area (Å²) in [5.74, 6) is 0.0792. The third-order valence-electron chi connectivity index (χ3n) is 4.13. The zero-order valence-corrected chi connectivity index (χ0v) is 13.5. The van der Waals surface area contributed by atoms with Gasteiger partial charge in [-0.3, -0.25) is 0 Å². The summed E-state index contributed by atoms with van der Waals surface area (Å²) in [5.41, 5.74) is 1.91. The number of nitriles is 1. The first-order valence-corrected chi connectivity index (χ1v) is 7.58. The molecule has 0 amide bonds. The Morgan fingerprint density at radius 2 is 1.86 bits per heavy atom. The highest BCUT2D eigenvalue weighted by Gasteiger charge is 2.46. The van der Waals surface area contributed by atoms with E-state index in [-0.39, 0.29) is 12.3 Å². The molecule has 1 aliphatic heterocycles. The van der Waals surface area contributed by atoms with Crippen LogP contribution in [0.5, 0.6) is 0 Å². The van der Waals surface area contributed by atoms with Crippen molar-refractivity contribution < 1.29 is 9.53 Å². The van der Waals surface area contributed by atoms with Gasteiger partial charge in [0.1, 0.15) is 0 Å². The van der Waals surface area contributed by atoms with Gasteiger partial charge in [-0.25, -0.2) is 4.79 Å². The van der Waals surface area contributed by atoms with Crippen molar-refractivity contribution in [2.45, 2.75) is 45.6 Å². The van der Waals surface area contributed by atoms with Crippen molar-refractivity contribution in [3.05, 3.63) is 41.6 Å². The van der Waals surface area contributed by atoms with Gasteiger partial charge in [-0.05, 0) is 29.5 Å². The van der Waals surface area contributed by atoms with Gasteiger partial charge in [0.15, 0.2) is 5.60 Å². The Morgan fingerprint density at radius 1 is 1.23 bits per heavy atom. The lowest BCUT2D eigenvalue weighted by atomic mass is 9.84. The van der Waals surface area contributed by atoms with Gasteiger partial charge < -0.3 is 10.1 Å². The first-order valence-electron chi connectivity index (χ1n) is 7.58. The zero-order valence-electron chi connectivity index (χ0n) is 13.5. The Balaban J connectivity index is 2.27. The van der Waals surface area contributed by atoms with E-state index in [1.807, 2.05) is 26.0 Å². The molecule has 0 saturated carbocycles. The molecule has 1 aliphatic rings. The van der Waals surface area contributed by atoms with E-state index in [2.05, 4.69) is 37.4 Å². The Bertz CT molecular complexity index is 623. The van der Waals surface area contributed by atoms with Crippen molar-refractivity contribution in [2.75, 3.05) is 5.32 Å². The normalized spacial score (nSPS) is 20.8. The van der Waals surface area contributed by atoms with Crippen LogP contribution < -0.4 is 5.32 Å². The molecule has 1 aromatic carbocycles. The van der Waals surface area contributed by atoms with Crippen LogP contribution in [0, 0.1) is 17.2 Å². The summed E-state index contributed by atoms with van der Waals surface area (Å²) in [4.78, 5) is 11.7. The van der Waals surface area contributed by atoms with Gasteiger partial charge in [0.25, 0.3) is 0 Å². The van der Waals surface area contributed by atoms with Crippen LogP contribution in [0.2, 0.25) is 0 Å². The fraction of sp³-hybridized carbons (Fsp3) is 0.444. The van der Waals surface area contributed by atoms with Crippen molar-refractivity contribution in [3.63, 3.8) is 0 Å². The number of nitrogens with zero attached hydrogens (tertiary/aromatic N) is 1. The van der Waals surface area contributed by atoms with Crippen LogP contribution in [0.25, 0.3) is 0 Å². The molecule has 0 aliphatic carbocycles. The fourth-order valence-corrected chi connectivity index (χ4v) is 2.63. The number of esters is 1. The molecule has 1 N–H and O–H groups in total. The molecule has 22 heavy (non-hydrogen) atoms. The lowest BCUT2D eigenvalue weighted by molar-refractivity contribution is -0.149. The smallest absolute Gasteiger partial charge is 0.333 e. The minimum atomic E-state index is -0.886. The van der Waals surface area contributed by atoms with Crippen molar-refractivity contribution in [3.8, 4) is 6.07 Å². The molecule has 4 nitrogen and oxygen atoms in total. The summed E-state index contributed by atoms with van der Waals surface area (Å²) in [6.07, 6.45) is 1.59. The zero-order chi connectivity index (χ0) is 16.3. The maximum absolute atomic E-state index is 11.7. The third-order valence-corrected chi connectivity index (χ3v) is 4.13. The lowest BCUT2D eigenvalue weighted by Crippen LogP contribution is -2.40. The Hall–Kier alpha value is -2.28. The number of nitrogens with one attached hydrogen (secondary N) is 1. The SMILES string of the molecule is CC(C)c1ccc(NC2=CC(=O)OC2(CC#N)C(C)C)cc1. The minimum Gasteiger partial charge on any atom is -0.448 e. The number of carbonyl (C=O) groups is 1. The van der Waals surface area contributed by atoms with E-state index in [0.29, 0.717) is 11.6 Å². The third kappa shape index (κ3) is 2.99. The van der Waals surface area contributed by atoms with Crippen LogP contribution in [0.15, 0.2) is 36.0 Å². The summed E-state index contributed by atoms with van der Waals surface area (Å²) >= 11 is 0. The molecular weight excluding hydrogens is 276 g/mol. The monoisotopic (exact) mass is 298 g/mol. The number of ether oxygens (including phenoxy) is 1. The molecule has 116 valence electrons. The Morgan fingerprint density at radius 3 is 2.36 bits per heavy atom. The second-order valence-corrected chi connectivity index (χ2v) is 6.26. The number of hydrogen-bond donors (Lipinski definition) is 1. The standard InChI is InChI=1S/C18H22N2O2/c1-12(2)14-5-7-15(8-6-14)20-16-11-17(21)22-18(16,9-10-19)13(3)4/h5-8,11-13,20H,9H2,1-4H3. The van der Waals surface area contributed by atoms with Crippen LogP contribution in [0.4, 0.5) is 5.69 Å². The molecule has 0 saturated heterocycles. The van der Waals surface area contributed by atoms with E-state index >= 15 is 0 Å². The van der Waals surface area contributed by atoms with Gasteiger partial charge in [-0.2, -0.15) is 5.26 Å². The molecule has 2 rings (SSSR count). The van der Waals surface area contributed by atoms with E-state index in [1.165, 1.54) is 11.6 Å². The summed E-state index contributed by atoms with van der Waals surface area (Å²) in [7, 11) is 0. The second kappa shape index (κ2) is 6.23. The predicted octanol–water partition coefficient (Wildman–Crippen LogP) is 3.97. The van der Waals surface area contributed by atoms with Gasteiger partial charge in [0, 0.05) is 11.8 Å². The molecule has 1 unspecified atom stereocenters. The van der Waals surface area contributed by atoms with Gasteiger partial charge >= 0.3 is 5.97 Å². The number of anilines is 1. The van der Waals surface area contributed by atoms with Gasteiger partial charge in [0.2, 0.25) is 0 Å². The van der Waals surface area contributed by atoms with Crippen molar-refractivity contribution in [2.24, 2.45) is 5.92 Å². The van der Waals surface area contributed by atoms with E-state index in [0.717, 1.165) is 5.69 Å². The molecule has 0 fully saturated rings. The van der Waals surface area contributed by atoms with E-state index in [1.54, 1.807) is 0 Å². The highest BCUT2D eigenvalue weighted by Crippen LogP contribution is 2.38. The molecular formula is C18H22N2O2. The predicted molar refractivity (Wildman–Crippen MR) is 86.1 cm³/mol. The van der Waals surface area contributed by atoms with E-state index < -0.39 is 11.6 Å². The average Bonchev–Trinajstić information content (AvgIpc) is 2.77. The molecule has 1 aromatic rings. The van der Waals surface area contributed by atoms with Crippen LogP contribution >= 0.6 is 0 Å². The van der Waals surface area contributed by atoms with Crippen LogP contribution in [0.1, 0.15) is 45.6 Å².